The Bertz CT molecular complexity index is 402. The van der Waals surface area contributed by atoms with Crippen molar-refractivity contribution in [3.8, 4) is 0 Å². The molecule has 1 amide bonds. The lowest BCUT2D eigenvalue weighted by molar-refractivity contribution is -0.185. The highest BCUT2D eigenvalue weighted by Crippen LogP contribution is 2.14. The number of β-lactam (4-membered cyclic amide) rings is 1. The summed E-state index contributed by atoms with van der Waals surface area (Å²) < 4.78 is 0. The summed E-state index contributed by atoms with van der Waals surface area (Å²) in [4.78, 5) is 27.2. The zero-order chi connectivity index (χ0) is 10.8. The van der Waals surface area contributed by atoms with E-state index >= 15 is 0 Å². The van der Waals surface area contributed by atoms with Crippen LogP contribution in [0.15, 0.2) is 24.3 Å². The molecular weight excluding hydrogens is 218 g/mol. The fourth-order valence-corrected chi connectivity index (χ4v) is 1.26. The Morgan fingerprint density at radius 2 is 2.00 bits per heavy atom. The van der Waals surface area contributed by atoms with Gasteiger partial charge >= 0.3 is 5.97 Å². The molecule has 78 valence electrons. The van der Waals surface area contributed by atoms with Gasteiger partial charge in [-0.2, -0.15) is 5.06 Å². The number of hydrogen-bond acceptors (Lipinski definition) is 3. The number of nitrogens with zero attached hydrogens (tertiary/aromatic N) is 1. The quantitative estimate of drug-likeness (QED) is 0.719. The Morgan fingerprint density at radius 3 is 2.47 bits per heavy atom. The molecule has 1 fully saturated rings. The van der Waals surface area contributed by atoms with E-state index in [-0.39, 0.29) is 5.91 Å². The first kappa shape index (κ1) is 9.98. The summed E-state index contributed by atoms with van der Waals surface area (Å²) in [5.41, 5.74) is 0.374. The molecule has 4 nitrogen and oxygen atoms in total. The summed E-state index contributed by atoms with van der Waals surface area (Å²) in [6, 6.07) is 6.29. The molecule has 0 atom stereocenters. The van der Waals surface area contributed by atoms with Crippen molar-refractivity contribution in [3.63, 3.8) is 0 Å². The molecule has 0 radical (unpaired) electrons. The van der Waals surface area contributed by atoms with Gasteiger partial charge in [0.25, 0.3) is 5.91 Å². The van der Waals surface area contributed by atoms with Gasteiger partial charge in [0.05, 0.1) is 18.5 Å². The molecular formula is C10H8ClNO3. The van der Waals surface area contributed by atoms with Gasteiger partial charge < -0.3 is 4.84 Å². The maximum atomic E-state index is 11.4. The van der Waals surface area contributed by atoms with Crippen LogP contribution in [0.25, 0.3) is 0 Å². The highest BCUT2D eigenvalue weighted by atomic mass is 35.5. The summed E-state index contributed by atoms with van der Waals surface area (Å²) >= 11 is 5.67. The molecule has 0 unspecified atom stereocenters. The zero-order valence-corrected chi connectivity index (χ0v) is 8.53. The van der Waals surface area contributed by atoms with E-state index in [1.54, 1.807) is 24.3 Å². The maximum Gasteiger partial charge on any atom is 0.363 e. The minimum atomic E-state index is -0.542. The number of halogens is 1. The Labute approximate surface area is 91.3 Å². The highest BCUT2D eigenvalue weighted by molar-refractivity contribution is 6.30. The zero-order valence-electron chi connectivity index (χ0n) is 7.77. The highest BCUT2D eigenvalue weighted by Gasteiger charge is 2.28. The van der Waals surface area contributed by atoms with Gasteiger partial charge in [0, 0.05) is 5.02 Å². The third-order valence-electron chi connectivity index (χ3n) is 2.08. The van der Waals surface area contributed by atoms with Gasteiger partial charge in [0.2, 0.25) is 0 Å². The third kappa shape index (κ3) is 2.10. The standard InChI is InChI=1S/C10H8ClNO3/c11-8-3-1-7(2-4-8)10(14)15-12-6-5-9(12)13/h1-4H,5-6H2. The van der Waals surface area contributed by atoms with Crippen LogP contribution in [0.1, 0.15) is 16.8 Å². The molecule has 0 aliphatic carbocycles. The minimum absolute atomic E-state index is 0.169. The number of benzene rings is 1. The van der Waals surface area contributed by atoms with Crippen LogP contribution in [0.5, 0.6) is 0 Å². The molecule has 1 aliphatic heterocycles. The molecule has 1 aromatic carbocycles. The first-order valence-corrected chi connectivity index (χ1v) is 4.83. The predicted octanol–water partition coefficient (Wildman–Crippen LogP) is 1.64. The second kappa shape index (κ2) is 3.90. The summed E-state index contributed by atoms with van der Waals surface area (Å²) in [6.07, 6.45) is 0.438. The largest absolute Gasteiger partial charge is 0.363 e. The second-order valence-corrected chi connectivity index (χ2v) is 3.57. The van der Waals surface area contributed by atoms with Crippen molar-refractivity contribution in [3.05, 3.63) is 34.9 Å². The van der Waals surface area contributed by atoms with Crippen molar-refractivity contribution in [1.82, 2.24) is 5.06 Å². The minimum Gasteiger partial charge on any atom is -0.333 e. The number of amides is 1. The van der Waals surface area contributed by atoms with Crippen LogP contribution in [0.3, 0.4) is 0 Å². The topological polar surface area (TPSA) is 46.6 Å². The number of carbonyl (C=O) groups excluding carboxylic acids is 2. The SMILES string of the molecule is O=C(ON1CCC1=O)c1ccc(Cl)cc1. The average molecular weight is 226 g/mol. The van der Waals surface area contributed by atoms with E-state index in [0.717, 1.165) is 5.06 Å². The normalized spacial score (nSPS) is 14.7. The van der Waals surface area contributed by atoms with E-state index < -0.39 is 5.97 Å². The molecule has 1 heterocycles. The molecule has 5 heteroatoms. The first-order valence-electron chi connectivity index (χ1n) is 4.45. The number of hydrogen-bond donors (Lipinski definition) is 0. The molecule has 1 aromatic rings. The van der Waals surface area contributed by atoms with Crippen LogP contribution in [-0.4, -0.2) is 23.5 Å². The molecule has 0 aromatic heterocycles. The Kier molecular flexibility index (Phi) is 2.60. The lowest BCUT2D eigenvalue weighted by atomic mass is 10.2. The molecule has 1 aliphatic rings. The van der Waals surface area contributed by atoms with Crippen LogP contribution in [-0.2, 0) is 9.63 Å². The summed E-state index contributed by atoms with van der Waals surface area (Å²) in [5.74, 6) is -0.711. The van der Waals surface area contributed by atoms with Crippen molar-refractivity contribution < 1.29 is 14.4 Å². The van der Waals surface area contributed by atoms with Gasteiger partial charge in [-0.1, -0.05) is 11.6 Å². The summed E-state index contributed by atoms with van der Waals surface area (Å²) in [7, 11) is 0. The monoisotopic (exact) mass is 225 g/mol. The smallest absolute Gasteiger partial charge is 0.333 e. The third-order valence-corrected chi connectivity index (χ3v) is 2.33. The number of hydroxylamine groups is 2. The molecule has 0 N–H and O–H groups in total. The van der Waals surface area contributed by atoms with Crippen molar-refractivity contribution in [2.24, 2.45) is 0 Å². The summed E-state index contributed by atoms with van der Waals surface area (Å²) in [6.45, 7) is 0.470. The molecule has 0 bridgehead atoms. The molecule has 0 saturated carbocycles. The molecule has 1 saturated heterocycles. The van der Waals surface area contributed by atoms with Gasteiger partial charge in [0.1, 0.15) is 0 Å². The predicted molar refractivity (Wildman–Crippen MR) is 53.2 cm³/mol. The van der Waals surface area contributed by atoms with Crippen molar-refractivity contribution in [2.75, 3.05) is 6.54 Å². The summed E-state index contributed by atoms with van der Waals surface area (Å²) in [5, 5.41) is 1.60. The number of carbonyl (C=O) groups is 2. The maximum absolute atomic E-state index is 11.4. The fourth-order valence-electron chi connectivity index (χ4n) is 1.13. The van der Waals surface area contributed by atoms with Gasteiger partial charge in [-0.3, -0.25) is 4.79 Å². The first-order chi connectivity index (χ1) is 7.16. The molecule has 2 rings (SSSR count). The molecule has 0 spiro atoms. The Morgan fingerprint density at radius 1 is 1.33 bits per heavy atom. The number of rotatable bonds is 2. The van der Waals surface area contributed by atoms with Crippen LogP contribution in [0.2, 0.25) is 5.02 Å². The van der Waals surface area contributed by atoms with E-state index in [1.165, 1.54) is 0 Å². The van der Waals surface area contributed by atoms with Crippen LogP contribution < -0.4 is 0 Å². The average Bonchev–Trinajstić information content (AvgIpc) is 2.24. The van der Waals surface area contributed by atoms with E-state index in [9.17, 15) is 9.59 Å². The van der Waals surface area contributed by atoms with Gasteiger partial charge in [-0.25, -0.2) is 4.79 Å². The fraction of sp³-hybridized carbons (Fsp3) is 0.200. The van der Waals surface area contributed by atoms with E-state index in [1.807, 2.05) is 0 Å². The lowest BCUT2D eigenvalue weighted by Gasteiger charge is -2.27. The van der Waals surface area contributed by atoms with E-state index in [4.69, 9.17) is 16.4 Å². The van der Waals surface area contributed by atoms with Crippen LogP contribution in [0, 0.1) is 0 Å². The Hall–Kier alpha value is -1.55. The van der Waals surface area contributed by atoms with Crippen LogP contribution >= 0.6 is 11.6 Å². The van der Waals surface area contributed by atoms with Gasteiger partial charge in [-0.15, -0.1) is 0 Å². The van der Waals surface area contributed by atoms with Gasteiger partial charge in [0.15, 0.2) is 0 Å². The lowest BCUT2D eigenvalue weighted by Crippen LogP contribution is -2.44. The molecule has 15 heavy (non-hydrogen) atoms. The Balaban J connectivity index is 2.01. The van der Waals surface area contributed by atoms with Crippen molar-refractivity contribution in [1.29, 1.82) is 0 Å². The van der Waals surface area contributed by atoms with E-state index in [2.05, 4.69) is 0 Å². The van der Waals surface area contributed by atoms with Crippen molar-refractivity contribution >= 4 is 23.5 Å². The van der Waals surface area contributed by atoms with Crippen LogP contribution in [0.4, 0.5) is 0 Å². The van der Waals surface area contributed by atoms with Gasteiger partial charge in [-0.05, 0) is 24.3 Å². The van der Waals surface area contributed by atoms with E-state index in [0.29, 0.717) is 23.6 Å². The second-order valence-electron chi connectivity index (χ2n) is 3.13. The van der Waals surface area contributed by atoms with Crippen molar-refractivity contribution in [2.45, 2.75) is 6.42 Å².